The SMILES string of the molecule is COc1ccc2c(c1)C(C(C)O)CC2. The molecule has 0 saturated heterocycles. The molecule has 1 aromatic carbocycles. The van der Waals surface area contributed by atoms with Gasteiger partial charge in [-0.3, -0.25) is 0 Å². The summed E-state index contributed by atoms with van der Waals surface area (Å²) >= 11 is 0. The molecule has 0 heterocycles. The number of benzene rings is 1. The van der Waals surface area contributed by atoms with Crippen molar-refractivity contribution >= 4 is 0 Å². The van der Waals surface area contributed by atoms with E-state index < -0.39 is 0 Å². The largest absolute Gasteiger partial charge is 0.497 e. The summed E-state index contributed by atoms with van der Waals surface area (Å²) in [7, 11) is 1.67. The minimum atomic E-state index is -0.261. The number of aryl methyl sites for hydroxylation is 1. The van der Waals surface area contributed by atoms with Gasteiger partial charge in [-0.25, -0.2) is 0 Å². The maximum Gasteiger partial charge on any atom is 0.119 e. The van der Waals surface area contributed by atoms with E-state index in [1.807, 2.05) is 13.0 Å². The summed E-state index contributed by atoms with van der Waals surface area (Å²) in [5.41, 5.74) is 2.62. The second-order valence-electron chi connectivity index (χ2n) is 3.95. The van der Waals surface area contributed by atoms with Crippen LogP contribution in [0, 0.1) is 0 Å². The van der Waals surface area contributed by atoms with Crippen LogP contribution in [0.2, 0.25) is 0 Å². The van der Waals surface area contributed by atoms with Crippen LogP contribution >= 0.6 is 0 Å². The van der Waals surface area contributed by atoms with Crippen molar-refractivity contribution in [2.45, 2.75) is 31.8 Å². The van der Waals surface area contributed by atoms with E-state index in [0.717, 1.165) is 18.6 Å². The summed E-state index contributed by atoms with van der Waals surface area (Å²) in [6.07, 6.45) is 1.87. The number of hydrogen-bond donors (Lipinski definition) is 1. The molecule has 0 amide bonds. The predicted molar refractivity (Wildman–Crippen MR) is 55.7 cm³/mol. The highest BCUT2D eigenvalue weighted by atomic mass is 16.5. The van der Waals surface area contributed by atoms with E-state index in [0.29, 0.717) is 5.92 Å². The molecular formula is C12H16O2. The van der Waals surface area contributed by atoms with E-state index >= 15 is 0 Å². The summed E-state index contributed by atoms with van der Waals surface area (Å²) in [5.74, 6) is 1.18. The number of hydrogen-bond acceptors (Lipinski definition) is 2. The van der Waals surface area contributed by atoms with Crippen LogP contribution in [0.1, 0.15) is 30.4 Å². The van der Waals surface area contributed by atoms with Crippen molar-refractivity contribution in [3.8, 4) is 5.75 Å². The maximum atomic E-state index is 9.62. The van der Waals surface area contributed by atoms with Gasteiger partial charge in [0.1, 0.15) is 5.75 Å². The van der Waals surface area contributed by atoms with Gasteiger partial charge >= 0.3 is 0 Å². The average molecular weight is 192 g/mol. The number of methoxy groups -OCH3 is 1. The lowest BCUT2D eigenvalue weighted by molar-refractivity contribution is 0.162. The lowest BCUT2D eigenvalue weighted by Gasteiger charge is -2.15. The second kappa shape index (κ2) is 3.62. The fourth-order valence-electron chi connectivity index (χ4n) is 2.24. The minimum Gasteiger partial charge on any atom is -0.497 e. The zero-order valence-corrected chi connectivity index (χ0v) is 8.66. The van der Waals surface area contributed by atoms with Crippen LogP contribution in [0.15, 0.2) is 18.2 Å². The summed E-state index contributed by atoms with van der Waals surface area (Å²) < 4.78 is 5.19. The Morgan fingerprint density at radius 2 is 2.29 bits per heavy atom. The van der Waals surface area contributed by atoms with Crippen LogP contribution in [0.5, 0.6) is 5.75 Å². The smallest absolute Gasteiger partial charge is 0.119 e. The van der Waals surface area contributed by atoms with Crippen molar-refractivity contribution in [2.24, 2.45) is 0 Å². The molecule has 2 atom stereocenters. The Hall–Kier alpha value is -1.02. The highest BCUT2D eigenvalue weighted by Crippen LogP contribution is 2.37. The third kappa shape index (κ3) is 1.50. The van der Waals surface area contributed by atoms with Gasteiger partial charge in [-0.2, -0.15) is 0 Å². The fourth-order valence-corrected chi connectivity index (χ4v) is 2.24. The molecule has 1 aliphatic rings. The van der Waals surface area contributed by atoms with Crippen LogP contribution in [0.3, 0.4) is 0 Å². The van der Waals surface area contributed by atoms with E-state index in [-0.39, 0.29) is 6.10 Å². The Morgan fingerprint density at radius 3 is 2.93 bits per heavy atom. The van der Waals surface area contributed by atoms with E-state index in [9.17, 15) is 5.11 Å². The Kier molecular flexibility index (Phi) is 2.46. The highest BCUT2D eigenvalue weighted by molar-refractivity contribution is 5.41. The van der Waals surface area contributed by atoms with Crippen molar-refractivity contribution in [2.75, 3.05) is 7.11 Å². The first kappa shape index (κ1) is 9.53. The normalized spacial score (nSPS) is 21.8. The van der Waals surface area contributed by atoms with Crippen LogP contribution in [-0.4, -0.2) is 18.3 Å². The van der Waals surface area contributed by atoms with Gasteiger partial charge in [-0.15, -0.1) is 0 Å². The zero-order valence-electron chi connectivity index (χ0n) is 8.66. The van der Waals surface area contributed by atoms with Gasteiger partial charge in [0.15, 0.2) is 0 Å². The number of aliphatic hydroxyl groups is 1. The summed E-state index contributed by atoms with van der Waals surface area (Å²) in [6, 6.07) is 6.15. The van der Waals surface area contributed by atoms with Gasteiger partial charge in [-0.1, -0.05) is 6.07 Å². The Balaban J connectivity index is 2.37. The standard InChI is InChI=1S/C12H16O2/c1-8(13)11-6-4-9-3-5-10(14-2)7-12(9)11/h3,5,7-8,11,13H,4,6H2,1-2H3. The second-order valence-corrected chi connectivity index (χ2v) is 3.95. The molecule has 0 spiro atoms. The van der Waals surface area contributed by atoms with Crippen molar-refractivity contribution in [3.05, 3.63) is 29.3 Å². The average Bonchev–Trinajstić information content (AvgIpc) is 2.59. The van der Waals surface area contributed by atoms with Gasteiger partial charge in [-0.05, 0) is 43.0 Å². The van der Waals surface area contributed by atoms with Gasteiger partial charge in [0.05, 0.1) is 13.2 Å². The molecule has 0 aliphatic heterocycles. The molecule has 1 aromatic rings. The van der Waals surface area contributed by atoms with Gasteiger partial charge in [0, 0.05) is 5.92 Å². The molecule has 2 heteroatoms. The number of rotatable bonds is 2. The molecule has 0 fully saturated rings. The van der Waals surface area contributed by atoms with Crippen molar-refractivity contribution in [1.82, 2.24) is 0 Å². The topological polar surface area (TPSA) is 29.5 Å². The lowest BCUT2D eigenvalue weighted by atomic mass is 9.96. The molecule has 2 unspecified atom stereocenters. The first-order valence-electron chi connectivity index (χ1n) is 5.07. The summed E-state index contributed by atoms with van der Waals surface area (Å²) in [6.45, 7) is 1.86. The molecule has 0 bridgehead atoms. The van der Waals surface area contributed by atoms with Crippen LogP contribution in [-0.2, 0) is 6.42 Å². The summed E-state index contributed by atoms with van der Waals surface area (Å²) in [4.78, 5) is 0. The minimum absolute atomic E-state index is 0.261. The van der Waals surface area contributed by atoms with Crippen LogP contribution in [0.25, 0.3) is 0 Å². The molecule has 1 aliphatic carbocycles. The Bertz CT molecular complexity index is 331. The third-order valence-corrected chi connectivity index (χ3v) is 3.06. The number of aliphatic hydroxyl groups excluding tert-OH is 1. The molecule has 2 rings (SSSR count). The first-order valence-corrected chi connectivity index (χ1v) is 5.07. The zero-order chi connectivity index (χ0) is 10.1. The molecular weight excluding hydrogens is 176 g/mol. The lowest BCUT2D eigenvalue weighted by Crippen LogP contribution is -2.11. The molecule has 0 saturated carbocycles. The molecule has 1 N–H and O–H groups in total. The molecule has 0 radical (unpaired) electrons. The van der Waals surface area contributed by atoms with Crippen molar-refractivity contribution in [3.63, 3.8) is 0 Å². The molecule has 14 heavy (non-hydrogen) atoms. The predicted octanol–water partition coefficient (Wildman–Crippen LogP) is 2.11. The van der Waals surface area contributed by atoms with E-state index in [4.69, 9.17) is 4.74 Å². The monoisotopic (exact) mass is 192 g/mol. The van der Waals surface area contributed by atoms with Crippen molar-refractivity contribution in [1.29, 1.82) is 0 Å². The molecule has 2 nitrogen and oxygen atoms in total. The van der Waals surface area contributed by atoms with E-state index in [1.165, 1.54) is 11.1 Å². The first-order chi connectivity index (χ1) is 6.72. The third-order valence-electron chi connectivity index (χ3n) is 3.06. The quantitative estimate of drug-likeness (QED) is 0.777. The van der Waals surface area contributed by atoms with Gasteiger partial charge in [0.25, 0.3) is 0 Å². The van der Waals surface area contributed by atoms with Gasteiger partial charge < -0.3 is 9.84 Å². The highest BCUT2D eigenvalue weighted by Gasteiger charge is 2.26. The fraction of sp³-hybridized carbons (Fsp3) is 0.500. The molecule has 76 valence electrons. The Labute approximate surface area is 84.5 Å². The van der Waals surface area contributed by atoms with Crippen LogP contribution in [0.4, 0.5) is 0 Å². The van der Waals surface area contributed by atoms with Crippen LogP contribution < -0.4 is 4.74 Å². The Morgan fingerprint density at radius 1 is 1.50 bits per heavy atom. The number of ether oxygens (including phenoxy) is 1. The van der Waals surface area contributed by atoms with Crippen molar-refractivity contribution < 1.29 is 9.84 Å². The molecule has 0 aromatic heterocycles. The maximum absolute atomic E-state index is 9.62. The van der Waals surface area contributed by atoms with Gasteiger partial charge in [0.2, 0.25) is 0 Å². The summed E-state index contributed by atoms with van der Waals surface area (Å²) in [5, 5.41) is 9.62. The number of fused-ring (bicyclic) bond motifs is 1. The van der Waals surface area contributed by atoms with E-state index in [2.05, 4.69) is 12.1 Å². The van der Waals surface area contributed by atoms with E-state index in [1.54, 1.807) is 7.11 Å².